The van der Waals surface area contributed by atoms with E-state index in [1.807, 2.05) is 36.4 Å². The highest BCUT2D eigenvalue weighted by Crippen LogP contribution is 2.31. The number of hydrogen-bond acceptors (Lipinski definition) is 4. The molecule has 2 heterocycles. The number of hydrogen-bond donors (Lipinski definition) is 2. The third kappa shape index (κ3) is 5.23. The number of halogens is 1. The molecule has 164 valence electrons. The van der Waals surface area contributed by atoms with Crippen molar-refractivity contribution in [2.24, 2.45) is 11.7 Å². The van der Waals surface area contributed by atoms with Gasteiger partial charge in [0.05, 0.1) is 11.4 Å². The maximum absolute atomic E-state index is 13.1. The average molecular weight is 450 g/mol. The molecule has 1 saturated heterocycles. The van der Waals surface area contributed by atoms with E-state index >= 15 is 0 Å². The van der Waals surface area contributed by atoms with E-state index in [4.69, 9.17) is 5.73 Å². The van der Waals surface area contributed by atoms with Crippen molar-refractivity contribution in [3.05, 3.63) is 77.4 Å². The van der Waals surface area contributed by atoms with Crippen LogP contribution in [0.15, 0.2) is 66.7 Å². The number of thiophene rings is 1. The molecule has 5 nitrogen and oxygen atoms in total. The molecule has 32 heavy (non-hydrogen) atoms. The predicted molar refractivity (Wildman–Crippen MR) is 128 cm³/mol. The predicted octanol–water partition coefficient (Wildman–Crippen LogP) is 4.91. The lowest BCUT2D eigenvalue weighted by molar-refractivity contribution is -0.122. The number of nitrogens with one attached hydrogen (secondary N) is 1. The summed E-state index contributed by atoms with van der Waals surface area (Å²) >= 11 is 1.53. The fraction of sp³-hybridized carbons (Fsp3) is 0.200. The maximum Gasteiger partial charge on any atom is 0.248 e. The highest BCUT2D eigenvalue weighted by Gasteiger charge is 2.24. The first-order valence-corrected chi connectivity index (χ1v) is 11.3. The summed E-state index contributed by atoms with van der Waals surface area (Å²) in [6.45, 7) is 1.44. The zero-order chi connectivity index (χ0) is 22.5. The summed E-state index contributed by atoms with van der Waals surface area (Å²) in [5, 5.41) is 2.96. The number of carbonyl (C=O) groups is 2. The Labute approximate surface area is 190 Å². The molecule has 1 fully saturated rings. The molecule has 7 heteroatoms. The van der Waals surface area contributed by atoms with Crippen LogP contribution < -0.4 is 16.0 Å². The van der Waals surface area contributed by atoms with Crippen LogP contribution in [0, 0.1) is 11.7 Å². The summed E-state index contributed by atoms with van der Waals surface area (Å²) in [6, 6.07) is 17.9. The standard InChI is InChI=1S/C25H24FN3O2S/c26-19-7-5-17(6-8-19)23-11-9-20(32-23)10-12-24(30)28-21-3-1-2-4-22(21)29-15-13-18(14-16-29)25(27)31/h1-12,18H,13-16H2,(H2,27,31)(H,28,30)/b12-10+. The lowest BCUT2D eigenvalue weighted by atomic mass is 9.96. The molecular weight excluding hydrogens is 425 g/mol. The normalized spacial score (nSPS) is 14.6. The topological polar surface area (TPSA) is 75.4 Å². The van der Waals surface area contributed by atoms with E-state index in [9.17, 15) is 14.0 Å². The van der Waals surface area contributed by atoms with Gasteiger partial charge in [0.1, 0.15) is 5.82 Å². The first-order valence-electron chi connectivity index (χ1n) is 10.5. The summed E-state index contributed by atoms with van der Waals surface area (Å²) in [6.07, 6.45) is 4.71. The van der Waals surface area contributed by atoms with Crippen molar-refractivity contribution in [2.75, 3.05) is 23.3 Å². The van der Waals surface area contributed by atoms with Crippen molar-refractivity contribution >= 4 is 40.6 Å². The Morgan fingerprint density at radius 2 is 1.75 bits per heavy atom. The SMILES string of the molecule is NC(=O)C1CCN(c2ccccc2NC(=O)/C=C/c2ccc(-c3ccc(F)cc3)s2)CC1. The van der Waals surface area contributed by atoms with Gasteiger partial charge in [0, 0.05) is 34.8 Å². The Bertz CT molecular complexity index is 1130. The average Bonchev–Trinajstić information content (AvgIpc) is 3.28. The van der Waals surface area contributed by atoms with Crippen LogP contribution in [0.3, 0.4) is 0 Å². The summed E-state index contributed by atoms with van der Waals surface area (Å²) in [4.78, 5) is 28.1. The second kappa shape index (κ2) is 9.78. The quantitative estimate of drug-likeness (QED) is 0.525. The van der Waals surface area contributed by atoms with E-state index in [0.29, 0.717) is 12.8 Å². The molecular formula is C25H24FN3O2S. The second-order valence-corrected chi connectivity index (χ2v) is 8.83. The summed E-state index contributed by atoms with van der Waals surface area (Å²) in [7, 11) is 0. The van der Waals surface area contributed by atoms with Crippen molar-refractivity contribution < 1.29 is 14.0 Å². The number of nitrogens with two attached hydrogens (primary N) is 1. The first kappa shape index (κ1) is 21.8. The third-order valence-corrected chi connectivity index (χ3v) is 6.65. The minimum Gasteiger partial charge on any atom is -0.370 e. The number of anilines is 2. The van der Waals surface area contributed by atoms with Gasteiger partial charge in [-0.3, -0.25) is 9.59 Å². The summed E-state index contributed by atoms with van der Waals surface area (Å²) in [5.41, 5.74) is 8.04. The van der Waals surface area contributed by atoms with E-state index < -0.39 is 0 Å². The van der Waals surface area contributed by atoms with Crippen LogP contribution in [0.2, 0.25) is 0 Å². The van der Waals surface area contributed by atoms with Gasteiger partial charge in [-0.1, -0.05) is 24.3 Å². The number of piperidine rings is 1. The van der Waals surface area contributed by atoms with Gasteiger partial charge in [-0.2, -0.15) is 0 Å². The summed E-state index contributed by atoms with van der Waals surface area (Å²) in [5.74, 6) is -0.810. The summed E-state index contributed by atoms with van der Waals surface area (Å²) < 4.78 is 13.1. The number of benzene rings is 2. The lowest BCUT2D eigenvalue weighted by Gasteiger charge is -2.33. The second-order valence-electron chi connectivity index (χ2n) is 7.71. The molecule has 3 aromatic rings. The number of primary amides is 1. The number of nitrogens with zero attached hydrogens (tertiary/aromatic N) is 1. The highest BCUT2D eigenvalue weighted by molar-refractivity contribution is 7.16. The lowest BCUT2D eigenvalue weighted by Crippen LogP contribution is -2.38. The minimum absolute atomic E-state index is 0.0819. The van der Waals surface area contributed by atoms with Crippen LogP contribution >= 0.6 is 11.3 Å². The Kier molecular flexibility index (Phi) is 6.66. The fourth-order valence-corrected chi connectivity index (χ4v) is 4.72. The molecule has 0 bridgehead atoms. The van der Waals surface area contributed by atoms with Gasteiger partial charge in [-0.25, -0.2) is 4.39 Å². The van der Waals surface area contributed by atoms with Crippen LogP contribution in [-0.4, -0.2) is 24.9 Å². The van der Waals surface area contributed by atoms with Gasteiger partial charge in [0.15, 0.2) is 0 Å². The largest absolute Gasteiger partial charge is 0.370 e. The highest BCUT2D eigenvalue weighted by atomic mass is 32.1. The molecule has 4 rings (SSSR count). The molecule has 0 atom stereocenters. The Balaban J connectivity index is 1.40. The molecule has 0 spiro atoms. The number of para-hydroxylation sites is 2. The Morgan fingerprint density at radius 3 is 2.47 bits per heavy atom. The monoisotopic (exact) mass is 449 g/mol. The van der Waals surface area contributed by atoms with E-state index in [1.54, 1.807) is 18.2 Å². The fourth-order valence-electron chi connectivity index (χ4n) is 3.80. The van der Waals surface area contributed by atoms with Crippen molar-refractivity contribution in [3.8, 4) is 10.4 Å². The van der Waals surface area contributed by atoms with E-state index in [1.165, 1.54) is 29.5 Å². The van der Waals surface area contributed by atoms with Gasteiger partial charge in [0.2, 0.25) is 11.8 Å². The van der Waals surface area contributed by atoms with Crippen LogP contribution in [0.5, 0.6) is 0 Å². The maximum atomic E-state index is 13.1. The van der Waals surface area contributed by atoms with Gasteiger partial charge >= 0.3 is 0 Å². The zero-order valence-corrected chi connectivity index (χ0v) is 18.3. The smallest absolute Gasteiger partial charge is 0.248 e. The molecule has 0 aliphatic carbocycles. The Morgan fingerprint density at radius 1 is 1.03 bits per heavy atom. The van der Waals surface area contributed by atoms with Gasteiger partial charge in [-0.05, 0) is 60.9 Å². The zero-order valence-electron chi connectivity index (χ0n) is 17.5. The van der Waals surface area contributed by atoms with Gasteiger partial charge in [-0.15, -0.1) is 11.3 Å². The number of rotatable bonds is 6. The van der Waals surface area contributed by atoms with E-state index in [-0.39, 0.29) is 23.5 Å². The third-order valence-electron chi connectivity index (χ3n) is 5.55. The van der Waals surface area contributed by atoms with Gasteiger partial charge in [0.25, 0.3) is 0 Å². The molecule has 0 unspecified atom stereocenters. The molecule has 2 aromatic carbocycles. The van der Waals surface area contributed by atoms with Crippen LogP contribution in [0.25, 0.3) is 16.5 Å². The van der Waals surface area contributed by atoms with E-state index in [0.717, 1.165) is 39.8 Å². The van der Waals surface area contributed by atoms with Crippen molar-refractivity contribution in [3.63, 3.8) is 0 Å². The number of amides is 2. The first-order chi connectivity index (χ1) is 15.5. The van der Waals surface area contributed by atoms with Gasteiger partial charge < -0.3 is 16.0 Å². The number of carbonyl (C=O) groups excluding carboxylic acids is 2. The molecule has 1 aliphatic heterocycles. The molecule has 3 N–H and O–H groups in total. The van der Waals surface area contributed by atoms with Crippen LogP contribution in [-0.2, 0) is 9.59 Å². The van der Waals surface area contributed by atoms with Crippen LogP contribution in [0.4, 0.5) is 15.8 Å². The van der Waals surface area contributed by atoms with Crippen molar-refractivity contribution in [1.82, 2.24) is 0 Å². The molecule has 0 saturated carbocycles. The van der Waals surface area contributed by atoms with Crippen molar-refractivity contribution in [2.45, 2.75) is 12.8 Å². The molecule has 0 radical (unpaired) electrons. The molecule has 2 amide bonds. The van der Waals surface area contributed by atoms with Crippen LogP contribution in [0.1, 0.15) is 17.7 Å². The Hall–Kier alpha value is -3.45. The van der Waals surface area contributed by atoms with Crippen molar-refractivity contribution in [1.29, 1.82) is 0 Å². The van der Waals surface area contributed by atoms with E-state index in [2.05, 4.69) is 10.2 Å². The minimum atomic E-state index is -0.264. The molecule has 1 aliphatic rings. The molecule has 1 aromatic heterocycles.